The summed E-state index contributed by atoms with van der Waals surface area (Å²) in [6.45, 7) is 3.74. The lowest BCUT2D eigenvalue weighted by atomic mass is 10.0. The first kappa shape index (κ1) is 34.8. The van der Waals surface area contributed by atoms with Crippen LogP contribution in [0.15, 0.2) is 108 Å². The number of carbonyl (C=O) groups is 2. The van der Waals surface area contributed by atoms with Crippen molar-refractivity contribution < 1.29 is 22.7 Å². The van der Waals surface area contributed by atoms with Crippen molar-refractivity contribution in [1.82, 2.24) is 10.2 Å². The third-order valence-corrected chi connectivity index (χ3v) is 9.54. The first-order valence-corrected chi connectivity index (χ1v) is 17.0. The highest BCUT2D eigenvalue weighted by Crippen LogP contribution is 2.33. The molecule has 0 unspecified atom stereocenters. The number of nitrogens with one attached hydrogen (secondary N) is 1. The fourth-order valence-corrected chi connectivity index (χ4v) is 6.88. The summed E-state index contributed by atoms with van der Waals surface area (Å²) in [7, 11) is -2.75. The molecule has 1 N–H and O–H groups in total. The summed E-state index contributed by atoms with van der Waals surface area (Å²) in [6, 6.07) is 27.7. The number of methoxy groups -OCH3 is 1. The van der Waals surface area contributed by atoms with Gasteiger partial charge in [0.15, 0.2) is 0 Å². The largest absolute Gasteiger partial charge is 0.497 e. The van der Waals surface area contributed by atoms with E-state index in [9.17, 15) is 18.0 Å². The lowest BCUT2D eigenvalue weighted by Gasteiger charge is -2.34. The van der Waals surface area contributed by atoms with E-state index in [-0.39, 0.29) is 40.4 Å². The first-order valence-electron chi connectivity index (χ1n) is 14.8. The van der Waals surface area contributed by atoms with Crippen LogP contribution in [0.4, 0.5) is 5.69 Å². The van der Waals surface area contributed by atoms with E-state index in [1.807, 2.05) is 50.2 Å². The molecule has 4 aromatic carbocycles. The molecule has 8 nitrogen and oxygen atoms in total. The number of benzene rings is 4. The van der Waals surface area contributed by atoms with Crippen LogP contribution in [0.25, 0.3) is 0 Å². The normalized spacial score (nSPS) is 12.0. The highest BCUT2D eigenvalue weighted by Gasteiger charge is 2.35. The molecule has 0 aliphatic carbocycles. The third kappa shape index (κ3) is 9.02. The Bertz CT molecular complexity index is 1740. The highest BCUT2D eigenvalue weighted by atomic mass is 35.5. The van der Waals surface area contributed by atoms with Crippen molar-refractivity contribution in [3.05, 3.63) is 124 Å². The van der Waals surface area contributed by atoms with Crippen LogP contribution in [-0.2, 0) is 32.6 Å². The van der Waals surface area contributed by atoms with Gasteiger partial charge in [-0.1, -0.05) is 97.7 Å². The van der Waals surface area contributed by atoms with Gasteiger partial charge in [0.25, 0.3) is 10.0 Å². The molecule has 0 saturated heterocycles. The molecule has 4 rings (SSSR count). The Hall–Kier alpha value is -4.05. The Morgan fingerprint density at radius 3 is 2.13 bits per heavy atom. The van der Waals surface area contributed by atoms with Gasteiger partial charge in [0, 0.05) is 24.5 Å². The Balaban J connectivity index is 1.82. The standard InChI is InChI=1S/C35H37Cl2N3O5S/c1-25(2)22-38-35(42)33(20-26-11-6-4-7-12-26)39(23-27-13-10-14-29(19-27)45-3)34(41)24-40(32-18-17-28(36)21-31(32)37)46(43,44)30-15-8-5-9-16-30/h4-19,21,25,33H,20,22-24H2,1-3H3,(H,38,42)/t33-/m1/s1. The highest BCUT2D eigenvalue weighted by molar-refractivity contribution is 7.92. The maximum Gasteiger partial charge on any atom is 0.264 e. The van der Waals surface area contributed by atoms with Gasteiger partial charge in [-0.05, 0) is 59.5 Å². The monoisotopic (exact) mass is 681 g/mol. The second-order valence-electron chi connectivity index (χ2n) is 11.1. The molecule has 0 spiro atoms. The minimum atomic E-state index is -4.29. The maximum absolute atomic E-state index is 14.6. The van der Waals surface area contributed by atoms with E-state index < -0.39 is 28.5 Å². The Morgan fingerprint density at radius 1 is 0.848 bits per heavy atom. The smallest absolute Gasteiger partial charge is 0.264 e. The van der Waals surface area contributed by atoms with Gasteiger partial charge in [-0.3, -0.25) is 13.9 Å². The summed E-state index contributed by atoms with van der Waals surface area (Å²) in [5, 5.41) is 3.34. The molecule has 0 bridgehead atoms. The summed E-state index contributed by atoms with van der Waals surface area (Å²) in [4.78, 5) is 29.8. The second-order valence-corrected chi connectivity index (χ2v) is 13.8. The summed E-state index contributed by atoms with van der Waals surface area (Å²) >= 11 is 12.7. The maximum atomic E-state index is 14.6. The molecule has 0 heterocycles. The van der Waals surface area contributed by atoms with Crippen LogP contribution in [-0.4, -0.2) is 51.4 Å². The molecule has 0 radical (unpaired) electrons. The lowest BCUT2D eigenvalue weighted by molar-refractivity contribution is -0.140. The van der Waals surface area contributed by atoms with Crippen molar-refractivity contribution in [2.75, 3.05) is 24.5 Å². The number of ether oxygens (including phenoxy) is 1. The fraction of sp³-hybridized carbons (Fsp3) is 0.257. The van der Waals surface area contributed by atoms with Gasteiger partial charge < -0.3 is 15.0 Å². The van der Waals surface area contributed by atoms with Gasteiger partial charge in [-0.2, -0.15) is 0 Å². The molecule has 0 aliphatic rings. The molecule has 0 fully saturated rings. The van der Waals surface area contributed by atoms with E-state index in [0.29, 0.717) is 22.9 Å². The number of hydrogen-bond acceptors (Lipinski definition) is 5. The van der Waals surface area contributed by atoms with Crippen LogP contribution in [0, 0.1) is 5.92 Å². The SMILES string of the molecule is COc1cccc(CN(C(=O)CN(c2ccc(Cl)cc2Cl)S(=O)(=O)c2ccccc2)[C@H](Cc2ccccc2)C(=O)NCC(C)C)c1. The van der Waals surface area contributed by atoms with Crippen LogP contribution in [0.2, 0.25) is 10.0 Å². The molecule has 46 heavy (non-hydrogen) atoms. The van der Waals surface area contributed by atoms with Gasteiger partial charge in [-0.25, -0.2) is 8.42 Å². The molecule has 0 aliphatic heterocycles. The van der Waals surface area contributed by atoms with Crippen molar-refractivity contribution in [2.24, 2.45) is 5.92 Å². The van der Waals surface area contributed by atoms with Gasteiger partial charge >= 0.3 is 0 Å². The number of anilines is 1. The zero-order chi connectivity index (χ0) is 33.3. The third-order valence-electron chi connectivity index (χ3n) is 7.23. The number of hydrogen-bond donors (Lipinski definition) is 1. The Kier molecular flexibility index (Phi) is 12.1. The number of nitrogens with zero attached hydrogens (tertiary/aromatic N) is 2. The van der Waals surface area contributed by atoms with E-state index in [1.165, 1.54) is 35.2 Å². The molecule has 2 amide bonds. The summed E-state index contributed by atoms with van der Waals surface area (Å²) in [5.41, 5.74) is 1.61. The molecule has 11 heteroatoms. The minimum Gasteiger partial charge on any atom is -0.497 e. The van der Waals surface area contributed by atoms with Crippen molar-refractivity contribution >= 4 is 50.7 Å². The lowest BCUT2D eigenvalue weighted by Crippen LogP contribution is -2.53. The first-order chi connectivity index (χ1) is 22.0. The molecule has 242 valence electrons. The zero-order valence-corrected chi connectivity index (χ0v) is 28.2. The van der Waals surface area contributed by atoms with Crippen LogP contribution >= 0.6 is 23.2 Å². The second kappa shape index (κ2) is 16.0. The summed E-state index contributed by atoms with van der Waals surface area (Å²) in [5.74, 6) is -0.206. The molecule has 0 aromatic heterocycles. The van der Waals surface area contributed by atoms with Crippen LogP contribution in [0.3, 0.4) is 0 Å². The number of halogens is 2. The minimum absolute atomic E-state index is 0.0101. The van der Waals surface area contributed by atoms with E-state index >= 15 is 0 Å². The van der Waals surface area contributed by atoms with E-state index in [1.54, 1.807) is 43.5 Å². The van der Waals surface area contributed by atoms with Crippen molar-refractivity contribution in [3.8, 4) is 5.75 Å². The average Bonchev–Trinajstić information content (AvgIpc) is 3.05. The molecule has 1 atom stereocenters. The van der Waals surface area contributed by atoms with Crippen molar-refractivity contribution in [3.63, 3.8) is 0 Å². The molecular weight excluding hydrogens is 645 g/mol. The number of amides is 2. The van der Waals surface area contributed by atoms with Crippen molar-refractivity contribution in [2.45, 2.75) is 37.8 Å². The molecular formula is C35H37Cl2N3O5S. The number of carbonyl (C=O) groups excluding carboxylic acids is 2. The van der Waals surface area contributed by atoms with E-state index in [2.05, 4.69) is 5.32 Å². The number of sulfonamides is 1. The predicted molar refractivity (Wildman–Crippen MR) is 183 cm³/mol. The van der Waals surface area contributed by atoms with Gasteiger partial charge in [0.1, 0.15) is 18.3 Å². The topological polar surface area (TPSA) is 96.0 Å². The predicted octanol–water partition coefficient (Wildman–Crippen LogP) is 6.61. The summed E-state index contributed by atoms with van der Waals surface area (Å²) < 4.78 is 34.6. The van der Waals surface area contributed by atoms with Crippen LogP contribution in [0.1, 0.15) is 25.0 Å². The van der Waals surface area contributed by atoms with Gasteiger partial charge in [-0.15, -0.1) is 0 Å². The van der Waals surface area contributed by atoms with Gasteiger partial charge in [0.05, 0.1) is 22.7 Å². The van der Waals surface area contributed by atoms with E-state index in [4.69, 9.17) is 27.9 Å². The quantitative estimate of drug-likeness (QED) is 0.162. The number of rotatable bonds is 14. The Labute approximate surface area is 280 Å². The van der Waals surface area contributed by atoms with Crippen molar-refractivity contribution in [1.29, 1.82) is 0 Å². The summed E-state index contributed by atoms with van der Waals surface area (Å²) in [6.07, 6.45) is 0.202. The van der Waals surface area contributed by atoms with Crippen LogP contribution < -0.4 is 14.4 Å². The van der Waals surface area contributed by atoms with Crippen LogP contribution in [0.5, 0.6) is 5.75 Å². The van der Waals surface area contributed by atoms with E-state index in [0.717, 1.165) is 9.87 Å². The molecule has 0 saturated carbocycles. The Morgan fingerprint density at radius 2 is 1.50 bits per heavy atom. The fourth-order valence-electron chi connectivity index (χ4n) is 4.86. The average molecular weight is 683 g/mol. The zero-order valence-electron chi connectivity index (χ0n) is 25.9. The van der Waals surface area contributed by atoms with Gasteiger partial charge in [0.2, 0.25) is 11.8 Å². The molecule has 4 aromatic rings.